The summed E-state index contributed by atoms with van der Waals surface area (Å²) in [5, 5.41) is 9.39. The second-order valence-electron chi connectivity index (χ2n) is 7.15. The van der Waals surface area contributed by atoms with Crippen LogP contribution in [0.25, 0.3) is 5.57 Å². The fraction of sp³-hybridized carbons (Fsp3) is 0.500. The van der Waals surface area contributed by atoms with Crippen molar-refractivity contribution in [2.45, 2.75) is 40.2 Å². The molecule has 0 atom stereocenters. The molecule has 0 aromatic heterocycles. The Morgan fingerprint density at radius 1 is 1.14 bits per heavy atom. The molecule has 1 aliphatic heterocycles. The fourth-order valence-corrected chi connectivity index (χ4v) is 2.46. The van der Waals surface area contributed by atoms with E-state index in [0.717, 1.165) is 5.57 Å². The number of aliphatic hydroxyl groups excluding tert-OH is 1. The van der Waals surface area contributed by atoms with Crippen LogP contribution in [0.3, 0.4) is 0 Å². The molecule has 3 nitrogen and oxygen atoms in total. The highest BCUT2D eigenvalue weighted by molar-refractivity contribution is 6.06. The van der Waals surface area contributed by atoms with Crippen LogP contribution in [0.1, 0.15) is 40.2 Å². The molecule has 0 amide bonds. The smallest absolute Gasteiger partial charge is 0.216 e. The lowest BCUT2D eigenvalue weighted by Crippen LogP contribution is -2.34. The lowest BCUT2D eigenvalue weighted by molar-refractivity contribution is 0.212. The van der Waals surface area contributed by atoms with Gasteiger partial charge in [0, 0.05) is 0 Å². The monoisotopic (exact) mass is 287 g/mol. The van der Waals surface area contributed by atoms with Crippen LogP contribution in [0.5, 0.6) is 0 Å². The van der Waals surface area contributed by atoms with Gasteiger partial charge in [-0.05, 0) is 30.4 Å². The van der Waals surface area contributed by atoms with Crippen molar-refractivity contribution in [3.63, 3.8) is 0 Å². The fourth-order valence-electron chi connectivity index (χ4n) is 2.46. The molecule has 1 aromatic carbocycles. The first-order valence-corrected chi connectivity index (χ1v) is 7.37. The zero-order valence-electron chi connectivity index (χ0n) is 13.6. The van der Waals surface area contributed by atoms with Crippen molar-refractivity contribution < 1.29 is 9.84 Å². The average molecular weight is 287 g/mol. The number of aliphatic hydroxyl groups is 1. The topological polar surface area (TPSA) is 41.8 Å². The van der Waals surface area contributed by atoms with Gasteiger partial charge in [-0.25, -0.2) is 4.99 Å². The first kappa shape index (κ1) is 15.8. The van der Waals surface area contributed by atoms with Crippen LogP contribution in [0.4, 0.5) is 0 Å². The summed E-state index contributed by atoms with van der Waals surface area (Å²) in [6.07, 6.45) is 0. The Kier molecular flexibility index (Phi) is 4.24. The number of allylic oxidation sites excluding steroid dienone is 1. The zero-order chi connectivity index (χ0) is 15.7. The first-order valence-electron chi connectivity index (χ1n) is 7.37. The molecule has 114 valence electrons. The Balaban J connectivity index is 2.51. The molecular weight excluding hydrogens is 262 g/mol. The number of rotatable bonds is 3. The zero-order valence-corrected chi connectivity index (χ0v) is 13.6. The number of aliphatic imine (C=N–C) groups is 1. The van der Waals surface area contributed by atoms with Gasteiger partial charge < -0.3 is 9.84 Å². The summed E-state index contributed by atoms with van der Waals surface area (Å²) >= 11 is 0. The second kappa shape index (κ2) is 5.64. The van der Waals surface area contributed by atoms with Crippen LogP contribution >= 0.6 is 0 Å². The van der Waals surface area contributed by atoms with Crippen LogP contribution in [0.2, 0.25) is 0 Å². The predicted molar refractivity (Wildman–Crippen MR) is 87.4 cm³/mol. The molecule has 21 heavy (non-hydrogen) atoms. The molecule has 1 aromatic rings. The molecule has 1 saturated heterocycles. The summed E-state index contributed by atoms with van der Waals surface area (Å²) < 4.78 is 5.56. The van der Waals surface area contributed by atoms with Gasteiger partial charge in [0.1, 0.15) is 6.61 Å². The molecule has 1 heterocycles. The van der Waals surface area contributed by atoms with Gasteiger partial charge in [0.2, 0.25) is 5.90 Å². The summed E-state index contributed by atoms with van der Waals surface area (Å²) in [5.74, 6) is 0.669. The number of nitrogens with zero attached hydrogens (tertiary/aromatic N) is 1. The van der Waals surface area contributed by atoms with Gasteiger partial charge >= 0.3 is 0 Å². The van der Waals surface area contributed by atoms with Crippen molar-refractivity contribution >= 4 is 11.5 Å². The highest BCUT2D eigenvalue weighted by Crippen LogP contribution is 2.39. The van der Waals surface area contributed by atoms with E-state index in [1.54, 1.807) is 0 Å². The van der Waals surface area contributed by atoms with Crippen molar-refractivity contribution in [3.05, 3.63) is 41.5 Å². The summed E-state index contributed by atoms with van der Waals surface area (Å²) in [6, 6.07) is 10.4. The minimum atomic E-state index is -0.513. The Morgan fingerprint density at radius 2 is 1.76 bits per heavy atom. The third kappa shape index (κ3) is 3.53. The summed E-state index contributed by atoms with van der Waals surface area (Å²) in [4.78, 5) is 4.56. The van der Waals surface area contributed by atoms with Gasteiger partial charge in [-0.2, -0.15) is 0 Å². The molecule has 3 heteroatoms. The highest BCUT2D eigenvalue weighted by atomic mass is 16.5. The number of benzene rings is 1. The number of ether oxygens (including phenoxy) is 1. The van der Waals surface area contributed by atoms with Crippen molar-refractivity contribution in [1.29, 1.82) is 0 Å². The van der Waals surface area contributed by atoms with E-state index in [0.29, 0.717) is 12.5 Å². The molecular formula is C18H25NO2. The van der Waals surface area contributed by atoms with Crippen LogP contribution in [0, 0.1) is 5.41 Å². The number of hydrogen-bond acceptors (Lipinski definition) is 3. The van der Waals surface area contributed by atoms with Crippen LogP contribution < -0.4 is 0 Å². The highest BCUT2D eigenvalue weighted by Gasteiger charge is 2.33. The molecule has 2 rings (SSSR count). The maximum atomic E-state index is 9.39. The van der Waals surface area contributed by atoms with E-state index in [2.05, 4.69) is 50.0 Å². The van der Waals surface area contributed by atoms with Crippen molar-refractivity contribution in [2.75, 3.05) is 13.2 Å². The van der Waals surface area contributed by atoms with E-state index in [4.69, 9.17) is 4.74 Å². The molecule has 1 N–H and O–H groups in total. The van der Waals surface area contributed by atoms with Gasteiger partial charge in [0.15, 0.2) is 0 Å². The third-order valence-corrected chi connectivity index (χ3v) is 3.52. The lowest BCUT2D eigenvalue weighted by Gasteiger charge is -2.33. The maximum absolute atomic E-state index is 9.39. The van der Waals surface area contributed by atoms with E-state index >= 15 is 0 Å². The largest absolute Gasteiger partial charge is 0.473 e. The van der Waals surface area contributed by atoms with E-state index in [1.807, 2.05) is 19.9 Å². The first-order chi connectivity index (χ1) is 9.74. The summed E-state index contributed by atoms with van der Waals surface area (Å²) in [6.45, 7) is 11.0. The Bertz CT molecular complexity index is 563. The Hall–Kier alpha value is -1.61. The van der Waals surface area contributed by atoms with Gasteiger partial charge in [0.05, 0.1) is 17.7 Å². The van der Waals surface area contributed by atoms with Gasteiger partial charge in [0.25, 0.3) is 0 Å². The van der Waals surface area contributed by atoms with Crippen molar-refractivity contribution in [3.8, 4) is 0 Å². The minimum absolute atomic E-state index is 0.00330. The van der Waals surface area contributed by atoms with Gasteiger partial charge in [-0.1, -0.05) is 51.1 Å². The SMILES string of the molecule is CC(C)(CO)N=C1OC/C1=C(\c1ccccc1)C(C)(C)C. The standard InChI is InChI=1S/C18H25NO2/c1-17(2,3)15(13-9-7-6-8-10-13)14-11-21-16(14)19-18(4,5)12-20/h6-10,20H,11-12H2,1-5H3/b15-14-,19-16?. The quantitative estimate of drug-likeness (QED) is 0.921. The van der Waals surface area contributed by atoms with E-state index in [-0.39, 0.29) is 12.0 Å². The van der Waals surface area contributed by atoms with E-state index in [1.165, 1.54) is 11.1 Å². The molecule has 0 radical (unpaired) electrons. The maximum Gasteiger partial charge on any atom is 0.216 e. The van der Waals surface area contributed by atoms with Crippen LogP contribution in [0.15, 0.2) is 40.9 Å². The summed E-state index contributed by atoms with van der Waals surface area (Å²) in [5.41, 5.74) is 3.11. The molecule has 0 spiro atoms. The second-order valence-corrected chi connectivity index (χ2v) is 7.15. The van der Waals surface area contributed by atoms with Crippen molar-refractivity contribution in [2.24, 2.45) is 10.4 Å². The van der Waals surface area contributed by atoms with E-state index < -0.39 is 5.54 Å². The summed E-state index contributed by atoms with van der Waals surface area (Å²) in [7, 11) is 0. The van der Waals surface area contributed by atoms with Gasteiger partial charge in [-0.15, -0.1) is 0 Å². The Labute approximate surface area is 127 Å². The van der Waals surface area contributed by atoms with Crippen LogP contribution in [-0.2, 0) is 4.74 Å². The minimum Gasteiger partial charge on any atom is -0.473 e. The molecule has 0 saturated carbocycles. The molecule has 0 bridgehead atoms. The third-order valence-electron chi connectivity index (χ3n) is 3.52. The molecule has 0 aliphatic carbocycles. The Morgan fingerprint density at radius 3 is 2.19 bits per heavy atom. The molecule has 1 fully saturated rings. The predicted octanol–water partition coefficient (Wildman–Crippen LogP) is 3.69. The molecule has 1 aliphatic rings. The molecule has 0 unspecified atom stereocenters. The van der Waals surface area contributed by atoms with Crippen molar-refractivity contribution in [1.82, 2.24) is 0 Å². The average Bonchev–Trinajstić information content (AvgIpc) is 2.40. The van der Waals surface area contributed by atoms with Gasteiger partial charge in [-0.3, -0.25) is 0 Å². The van der Waals surface area contributed by atoms with Crippen LogP contribution in [-0.4, -0.2) is 29.8 Å². The number of hydrogen-bond donors (Lipinski definition) is 1. The normalized spacial score (nSPS) is 20.0. The lowest BCUT2D eigenvalue weighted by atomic mass is 9.78. The van der Waals surface area contributed by atoms with E-state index in [9.17, 15) is 5.11 Å².